The minimum Gasteiger partial charge on any atom is -0.363 e. The summed E-state index contributed by atoms with van der Waals surface area (Å²) in [5.74, 6) is -3.31. The summed E-state index contributed by atoms with van der Waals surface area (Å²) >= 11 is 0. The Kier molecular flexibility index (Phi) is 4.49. The molecular weight excluding hydrogens is 358 g/mol. The Morgan fingerprint density at radius 1 is 1.12 bits per heavy atom. The van der Waals surface area contributed by atoms with Crippen molar-refractivity contribution in [1.29, 1.82) is 0 Å². The van der Waals surface area contributed by atoms with Crippen molar-refractivity contribution < 1.29 is 41.0 Å². The maximum absolute atomic E-state index is 13.2. The van der Waals surface area contributed by atoms with Crippen LogP contribution in [0.5, 0.6) is 0 Å². The van der Waals surface area contributed by atoms with Gasteiger partial charge in [0.05, 0.1) is 17.5 Å². The Morgan fingerprint density at radius 3 is 2.04 bits per heavy atom. The first-order valence-corrected chi connectivity index (χ1v) is 6.83. The lowest BCUT2D eigenvalue weighted by Crippen LogP contribution is -2.72. The summed E-state index contributed by atoms with van der Waals surface area (Å²) in [5, 5.41) is 13.2. The van der Waals surface area contributed by atoms with Gasteiger partial charge in [-0.3, -0.25) is 4.79 Å². The van der Waals surface area contributed by atoms with E-state index in [9.17, 15) is 41.0 Å². The van der Waals surface area contributed by atoms with Gasteiger partial charge in [-0.05, 0) is 24.6 Å². The first kappa shape index (κ1) is 19.0. The van der Waals surface area contributed by atoms with E-state index in [-0.39, 0.29) is 5.56 Å². The molecule has 0 aliphatic carbocycles. The largest absolute Gasteiger partial charge is 0.437 e. The molecule has 1 aromatic rings. The highest BCUT2D eigenvalue weighted by Crippen LogP contribution is 2.43. The predicted octanol–water partition coefficient (Wildman–Crippen LogP) is 2.52. The number of urea groups is 1. The quantitative estimate of drug-likeness (QED) is 0.700. The smallest absolute Gasteiger partial charge is 0.363 e. The Hall–Kier alpha value is -2.30. The zero-order chi connectivity index (χ0) is 19.2. The number of halogens is 6. The molecule has 0 radical (unpaired) electrons. The number of Topliss-reactive ketones (excluding diaryl/α,β-unsaturated/α-hetero) is 1. The van der Waals surface area contributed by atoms with Gasteiger partial charge < -0.3 is 15.7 Å². The van der Waals surface area contributed by atoms with Crippen molar-refractivity contribution in [3.63, 3.8) is 0 Å². The standard InChI is InChI=1S/C14H12F6N2O3/c1-6(23)9-10(7-2-4-8(5-3-7)13(15,16)17)21-11(24)22-12(9,25)14(18,19)20/h2-5,9-10,25H,1H3,(H2,21,22,24)/t9-,10-,12-/m1/s1. The van der Waals surface area contributed by atoms with Crippen LogP contribution in [0.25, 0.3) is 0 Å². The molecule has 2 amide bonds. The lowest BCUT2D eigenvalue weighted by Gasteiger charge is -2.44. The second-order valence-electron chi connectivity index (χ2n) is 5.55. The number of amides is 2. The van der Waals surface area contributed by atoms with Gasteiger partial charge in [-0.2, -0.15) is 26.3 Å². The number of aliphatic hydroxyl groups is 1. The third-order valence-corrected chi connectivity index (χ3v) is 3.84. The molecule has 0 bridgehead atoms. The van der Waals surface area contributed by atoms with Gasteiger partial charge >= 0.3 is 18.4 Å². The molecule has 1 aliphatic rings. The average Bonchev–Trinajstić information content (AvgIpc) is 2.44. The van der Waals surface area contributed by atoms with E-state index in [1.807, 2.05) is 5.32 Å². The van der Waals surface area contributed by atoms with E-state index >= 15 is 0 Å². The van der Waals surface area contributed by atoms with Gasteiger partial charge in [0.25, 0.3) is 0 Å². The summed E-state index contributed by atoms with van der Waals surface area (Å²) in [5.41, 5.74) is -5.10. The number of alkyl halides is 6. The van der Waals surface area contributed by atoms with Gasteiger partial charge in [0.2, 0.25) is 5.72 Å². The normalized spacial score (nSPS) is 27.4. The molecule has 0 spiro atoms. The Labute approximate surface area is 137 Å². The lowest BCUT2D eigenvalue weighted by molar-refractivity contribution is -0.290. The van der Waals surface area contributed by atoms with Crippen LogP contribution in [0.3, 0.4) is 0 Å². The van der Waals surface area contributed by atoms with Crippen molar-refractivity contribution in [1.82, 2.24) is 10.6 Å². The molecule has 3 atom stereocenters. The van der Waals surface area contributed by atoms with Gasteiger partial charge in [-0.1, -0.05) is 12.1 Å². The summed E-state index contributed by atoms with van der Waals surface area (Å²) in [4.78, 5) is 23.3. The molecule has 5 nitrogen and oxygen atoms in total. The van der Waals surface area contributed by atoms with E-state index in [0.29, 0.717) is 12.1 Å². The number of nitrogens with one attached hydrogen (secondary N) is 2. The highest BCUT2D eigenvalue weighted by molar-refractivity contribution is 5.86. The minimum absolute atomic E-state index is 0.189. The van der Waals surface area contributed by atoms with E-state index in [4.69, 9.17) is 0 Å². The van der Waals surface area contributed by atoms with Gasteiger partial charge in [-0.25, -0.2) is 4.79 Å². The maximum Gasteiger partial charge on any atom is 0.437 e. The molecule has 1 saturated heterocycles. The first-order chi connectivity index (χ1) is 11.3. The van der Waals surface area contributed by atoms with Crippen LogP contribution in [0.1, 0.15) is 24.1 Å². The third-order valence-electron chi connectivity index (χ3n) is 3.84. The zero-order valence-electron chi connectivity index (χ0n) is 12.5. The maximum atomic E-state index is 13.2. The van der Waals surface area contributed by atoms with Crippen LogP contribution >= 0.6 is 0 Å². The molecule has 0 aromatic heterocycles. The summed E-state index contributed by atoms with van der Waals surface area (Å²) in [6, 6.07) is -0.194. The SMILES string of the molecule is CC(=O)[C@@H]1[C@@H](c2ccc(C(F)(F)F)cc2)NC(=O)N[C@]1(O)C(F)(F)F. The van der Waals surface area contributed by atoms with E-state index < -0.39 is 47.4 Å². The van der Waals surface area contributed by atoms with Gasteiger partial charge in [0, 0.05) is 0 Å². The van der Waals surface area contributed by atoms with Crippen molar-refractivity contribution in [3.05, 3.63) is 35.4 Å². The van der Waals surface area contributed by atoms with E-state index in [1.165, 1.54) is 5.32 Å². The number of carbonyl (C=O) groups excluding carboxylic acids is 2. The second kappa shape index (κ2) is 5.90. The summed E-state index contributed by atoms with van der Waals surface area (Å²) in [6.07, 6.45) is -10.0. The first-order valence-electron chi connectivity index (χ1n) is 6.83. The molecule has 2 rings (SSSR count). The zero-order valence-corrected chi connectivity index (χ0v) is 12.5. The number of hydrogen-bond acceptors (Lipinski definition) is 3. The fourth-order valence-corrected chi connectivity index (χ4v) is 2.68. The fraction of sp³-hybridized carbons (Fsp3) is 0.429. The van der Waals surface area contributed by atoms with Crippen LogP contribution in [0.15, 0.2) is 24.3 Å². The van der Waals surface area contributed by atoms with E-state index in [2.05, 4.69) is 0 Å². The molecular formula is C14H12F6N2O3. The van der Waals surface area contributed by atoms with Crippen LogP contribution in [-0.2, 0) is 11.0 Å². The van der Waals surface area contributed by atoms with Gasteiger partial charge in [-0.15, -0.1) is 0 Å². The molecule has 11 heteroatoms. The summed E-state index contributed by atoms with van der Waals surface area (Å²) in [6.45, 7) is 0.775. The number of hydrogen-bond donors (Lipinski definition) is 3. The van der Waals surface area contributed by atoms with Crippen molar-refractivity contribution in [2.75, 3.05) is 0 Å². The van der Waals surface area contributed by atoms with Crippen LogP contribution in [0.4, 0.5) is 31.1 Å². The molecule has 1 aliphatic heterocycles. The van der Waals surface area contributed by atoms with Gasteiger partial charge in [0.1, 0.15) is 5.78 Å². The average molecular weight is 370 g/mol. The van der Waals surface area contributed by atoms with Crippen molar-refractivity contribution in [3.8, 4) is 0 Å². The molecule has 0 unspecified atom stereocenters. The van der Waals surface area contributed by atoms with Crippen LogP contribution in [0, 0.1) is 5.92 Å². The summed E-state index contributed by atoms with van der Waals surface area (Å²) in [7, 11) is 0. The van der Waals surface area contributed by atoms with Crippen LogP contribution in [0.2, 0.25) is 0 Å². The topological polar surface area (TPSA) is 78.4 Å². The second-order valence-corrected chi connectivity index (χ2v) is 5.55. The molecule has 1 heterocycles. The predicted molar refractivity (Wildman–Crippen MR) is 71.0 cm³/mol. The highest BCUT2D eigenvalue weighted by atomic mass is 19.4. The Balaban J connectivity index is 2.51. The number of carbonyl (C=O) groups is 2. The number of ketones is 1. The number of benzene rings is 1. The number of rotatable bonds is 2. The monoisotopic (exact) mass is 370 g/mol. The molecule has 0 saturated carbocycles. The van der Waals surface area contributed by atoms with Crippen molar-refractivity contribution >= 4 is 11.8 Å². The minimum atomic E-state index is -5.38. The molecule has 1 aromatic carbocycles. The third kappa shape index (κ3) is 3.41. The molecule has 3 N–H and O–H groups in total. The van der Waals surface area contributed by atoms with Crippen LogP contribution in [-0.4, -0.2) is 28.8 Å². The summed E-state index contributed by atoms with van der Waals surface area (Å²) < 4.78 is 77.4. The molecule has 25 heavy (non-hydrogen) atoms. The van der Waals surface area contributed by atoms with Gasteiger partial charge in [0.15, 0.2) is 0 Å². The lowest BCUT2D eigenvalue weighted by atomic mass is 9.79. The highest BCUT2D eigenvalue weighted by Gasteiger charge is 2.65. The van der Waals surface area contributed by atoms with Crippen molar-refractivity contribution in [2.45, 2.75) is 31.0 Å². The Bertz CT molecular complexity index is 685. The molecule has 1 fully saturated rings. The van der Waals surface area contributed by atoms with Crippen molar-refractivity contribution in [2.24, 2.45) is 5.92 Å². The van der Waals surface area contributed by atoms with E-state index in [0.717, 1.165) is 19.1 Å². The van der Waals surface area contributed by atoms with Crippen LogP contribution < -0.4 is 10.6 Å². The Morgan fingerprint density at radius 2 is 1.64 bits per heavy atom. The molecule has 138 valence electrons. The van der Waals surface area contributed by atoms with E-state index in [1.54, 1.807) is 0 Å². The fourth-order valence-electron chi connectivity index (χ4n) is 2.68.